The molecule has 0 radical (unpaired) electrons. The van der Waals surface area contributed by atoms with E-state index in [0.29, 0.717) is 16.5 Å². The number of aromatic nitrogens is 4. The number of halogens is 1. The minimum absolute atomic E-state index is 0.163. The number of methoxy groups -OCH3 is 1. The molecular formula is C16H11ClN4O2. The number of ether oxygens (including phenoxy) is 1. The van der Waals surface area contributed by atoms with Crippen LogP contribution in [-0.4, -0.2) is 32.2 Å². The molecule has 7 heteroatoms. The molecule has 0 unspecified atom stereocenters. The number of esters is 1. The Balaban J connectivity index is 2.11. The van der Waals surface area contributed by atoms with Crippen molar-refractivity contribution in [2.24, 2.45) is 0 Å². The van der Waals surface area contributed by atoms with E-state index in [1.807, 2.05) is 36.4 Å². The van der Waals surface area contributed by atoms with E-state index in [0.717, 1.165) is 11.0 Å². The Morgan fingerprint density at radius 2 is 2.00 bits per heavy atom. The lowest BCUT2D eigenvalue weighted by atomic mass is 10.3. The predicted molar refractivity (Wildman–Crippen MR) is 86.2 cm³/mol. The number of rotatable bonds is 2. The lowest BCUT2D eigenvalue weighted by molar-refractivity contribution is 0.0585. The average molecular weight is 327 g/mol. The van der Waals surface area contributed by atoms with E-state index in [9.17, 15) is 4.79 Å². The summed E-state index contributed by atoms with van der Waals surface area (Å²) in [6.45, 7) is 0. The van der Waals surface area contributed by atoms with E-state index in [4.69, 9.17) is 16.3 Å². The van der Waals surface area contributed by atoms with Gasteiger partial charge in [0.1, 0.15) is 0 Å². The molecule has 0 atom stereocenters. The highest BCUT2D eigenvalue weighted by Crippen LogP contribution is 2.22. The monoisotopic (exact) mass is 326 g/mol. The molecule has 4 aromatic rings. The summed E-state index contributed by atoms with van der Waals surface area (Å²) in [5, 5.41) is 4.94. The number of benzene rings is 2. The molecule has 0 spiro atoms. The topological polar surface area (TPSA) is 61.4 Å². The van der Waals surface area contributed by atoms with Gasteiger partial charge >= 0.3 is 5.97 Å². The second-order valence-electron chi connectivity index (χ2n) is 4.94. The second-order valence-corrected chi connectivity index (χ2v) is 5.38. The summed E-state index contributed by atoms with van der Waals surface area (Å²) >= 11 is 6.06. The molecule has 0 amide bonds. The Hall–Kier alpha value is -2.86. The van der Waals surface area contributed by atoms with Crippen LogP contribution >= 0.6 is 11.6 Å². The van der Waals surface area contributed by atoms with E-state index >= 15 is 0 Å². The highest BCUT2D eigenvalue weighted by molar-refractivity contribution is 6.30. The molecule has 23 heavy (non-hydrogen) atoms. The van der Waals surface area contributed by atoms with Gasteiger partial charge in [-0.3, -0.25) is 4.40 Å². The zero-order valence-corrected chi connectivity index (χ0v) is 12.9. The number of imidazole rings is 1. The minimum atomic E-state index is -0.529. The maximum Gasteiger partial charge on any atom is 0.376 e. The lowest BCUT2D eigenvalue weighted by Crippen LogP contribution is -2.07. The first-order chi connectivity index (χ1) is 11.2. The van der Waals surface area contributed by atoms with E-state index in [1.54, 1.807) is 21.2 Å². The van der Waals surface area contributed by atoms with Crippen molar-refractivity contribution in [1.82, 2.24) is 19.2 Å². The summed E-state index contributed by atoms with van der Waals surface area (Å²) in [6, 6.07) is 14.7. The standard InChI is InChI=1S/C16H11ClN4O2/c1-23-15(22)14-19-21(11-6-4-5-10(17)9-11)16-18-12-7-2-3-8-13(12)20(14)16/h2-9H,1H3. The molecule has 114 valence electrons. The third-order valence-corrected chi connectivity index (χ3v) is 3.79. The van der Waals surface area contributed by atoms with Gasteiger partial charge in [0, 0.05) is 5.02 Å². The molecular weight excluding hydrogens is 316 g/mol. The SMILES string of the molecule is COC(=O)c1nn(-c2cccc(Cl)c2)c2nc3ccccc3n12. The molecule has 0 bridgehead atoms. The van der Waals surface area contributed by atoms with Crippen molar-refractivity contribution in [3.8, 4) is 5.69 Å². The maximum absolute atomic E-state index is 12.1. The van der Waals surface area contributed by atoms with Crippen molar-refractivity contribution >= 4 is 34.4 Å². The number of hydrogen-bond donors (Lipinski definition) is 0. The van der Waals surface area contributed by atoms with Gasteiger partial charge in [0.15, 0.2) is 0 Å². The Labute approximate surface area is 135 Å². The fourth-order valence-electron chi connectivity index (χ4n) is 2.55. The maximum atomic E-state index is 12.1. The molecule has 2 aromatic heterocycles. The van der Waals surface area contributed by atoms with Gasteiger partial charge in [-0.05, 0) is 30.3 Å². The van der Waals surface area contributed by atoms with Crippen LogP contribution in [0.4, 0.5) is 0 Å². The molecule has 0 saturated carbocycles. The van der Waals surface area contributed by atoms with Gasteiger partial charge in [-0.15, -0.1) is 5.10 Å². The Morgan fingerprint density at radius 3 is 2.78 bits per heavy atom. The molecule has 2 aromatic carbocycles. The van der Waals surface area contributed by atoms with Gasteiger partial charge in [0.2, 0.25) is 11.6 Å². The van der Waals surface area contributed by atoms with Crippen molar-refractivity contribution in [1.29, 1.82) is 0 Å². The van der Waals surface area contributed by atoms with Crippen LogP contribution in [0.5, 0.6) is 0 Å². The number of carbonyl (C=O) groups is 1. The molecule has 0 fully saturated rings. The van der Waals surface area contributed by atoms with Crippen LogP contribution in [0.2, 0.25) is 5.02 Å². The Morgan fingerprint density at radius 1 is 1.17 bits per heavy atom. The molecule has 0 N–H and O–H groups in total. The molecule has 2 heterocycles. The quantitative estimate of drug-likeness (QED) is 0.531. The van der Waals surface area contributed by atoms with Crippen LogP contribution in [0.3, 0.4) is 0 Å². The van der Waals surface area contributed by atoms with Gasteiger partial charge in [0.05, 0.1) is 23.8 Å². The third kappa shape index (κ3) is 2.07. The van der Waals surface area contributed by atoms with Gasteiger partial charge in [-0.25, -0.2) is 9.78 Å². The van der Waals surface area contributed by atoms with Gasteiger partial charge in [-0.1, -0.05) is 29.8 Å². The van der Waals surface area contributed by atoms with Crippen molar-refractivity contribution in [2.45, 2.75) is 0 Å². The smallest absolute Gasteiger partial charge is 0.376 e. The van der Waals surface area contributed by atoms with Crippen molar-refractivity contribution in [3.63, 3.8) is 0 Å². The van der Waals surface area contributed by atoms with E-state index in [1.165, 1.54) is 7.11 Å². The number of nitrogens with zero attached hydrogens (tertiary/aromatic N) is 4. The number of hydrogen-bond acceptors (Lipinski definition) is 4. The van der Waals surface area contributed by atoms with Crippen LogP contribution in [-0.2, 0) is 4.74 Å². The van der Waals surface area contributed by atoms with Gasteiger partial charge in [-0.2, -0.15) is 4.68 Å². The van der Waals surface area contributed by atoms with E-state index in [2.05, 4.69) is 10.1 Å². The van der Waals surface area contributed by atoms with E-state index < -0.39 is 5.97 Å². The average Bonchev–Trinajstić information content (AvgIpc) is 3.11. The van der Waals surface area contributed by atoms with Crippen LogP contribution in [0.15, 0.2) is 48.5 Å². The number of carbonyl (C=O) groups excluding carboxylic acids is 1. The van der Waals surface area contributed by atoms with Crippen molar-refractivity contribution < 1.29 is 9.53 Å². The van der Waals surface area contributed by atoms with E-state index in [-0.39, 0.29) is 5.82 Å². The first kappa shape index (κ1) is 13.8. The molecule has 4 rings (SSSR count). The zero-order chi connectivity index (χ0) is 16.0. The summed E-state index contributed by atoms with van der Waals surface area (Å²) in [4.78, 5) is 16.7. The molecule has 0 aliphatic heterocycles. The summed E-state index contributed by atoms with van der Waals surface area (Å²) in [7, 11) is 1.33. The largest absolute Gasteiger partial charge is 0.463 e. The van der Waals surface area contributed by atoms with Gasteiger partial charge < -0.3 is 4.74 Å². The first-order valence-corrected chi connectivity index (χ1v) is 7.27. The van der Waals surface area contributed by atoms with Crippen molar-refractivity contribution in [2.75, 3.05) is 7.11 Å². The van der Waals surface area contributed by atoms with Gasteiger partial charge in [0.25, 0.3) is 0 Å². The third-order valence-electron chi connectivity index (χ3n) is 3.56. The number of fused-ring (bicyclic) bond motifs is 3. The van der Waals surface area contributed by atoms with Crippen LogP contribution in [0, 0.1) is 0 Å². The highest BCUT2D eigenvalue weighted by Gasteiger charge is 2.22. The minimum Gasteiger partial charge on any atom is -0.463 e. The van der Waals surface area contributed by atoms with Crippen LogP contribution in [0.25, 0.3) is 22.5 Å². The fraction of sp³-hybridized carbons (Fsp3) is 0.0625. The zero-order valence-electron chi connectivity index (χ0n) is 12.1. The summed E-state index contributed by atoms with van der Waals surface area (Å²) in [5.41, 5.74) is 2.27. The lowest BCUT2D eigenvalue weighted by Gasteiger charge is -2.00. The summed E-state index contributed by atoms with van der Waals surface area (Å²) < 4.78 is 8.11. The first-order valence-electron chi connectivity index (χ1n) is 6.89. The molecule has 0 aliphatic rings. The second kappa shape index (κ2) is 5.10. The normalized spacial score (nSPS) is 11.2. The Bertz CT molecular complexity index is 1050. The number of para-hydroxylation sites is 2. The molecule has 0 saturated heterocycles. The van der Waals surface area contributed by atoms with Crippen molar-refractivity contribution in [3.05, 3.63) is 59.4 Å². The Kier molecular flexibility index (Phi) is 3.06. The summed E-state index contributed by atoms with van der Waals surface area (Å²) in [6.07, 6.45) is 0. The molecule has 6 nitrogen and oxygen atoms in total. The summed E-state index contributed by atoms with van der Waals surface area (Å²) in [5.74, 6) is 0.156. The van der Waals surface area contributed by atoms with Crippen LogP contribution in [0.1, 0.15) is 10.6 Å². The predicted octanol–water partition coefficient (Wildman–Crippen LogP) is 3.11. The molecule has 0 aliphatic carbocycles. The fourth-order valence-corrected chi connectivity index (χ4v) is 2.74. The highest BCUT2D eigenvalue weighted by atomic mass is 35.5. The van der Waals surface area contributed by atoms with Crippen LogP contribution < -0.4 is 0 Å².